The standard InChI is InChI=1S/C20H26O5/c1-22-13-6-8-14-12(11-13)5-7-16-15(14)9-10-17(20(24-3)25-4)18(16)19(21)23-2/h6,8-9,11,16-18,20H,5,7,10H2,1-4H3. The first kappa shape index (κ1) is 18.0. The number of fused-ring (bicyclic) bond motifs is 3. The average Bonchev–Trinajstić information content (AvgIpc) is 2.67. The fraction of sp³-hybridized carbons (Fsp3) is 0.550. The summed E-state index contributed by atoms with van der Waals surface area (Å²) in [4.78, 5) is 12.6. The zero-order valence-electron chi connectivity index (χ0n) is 15.3. The molecule has 0 amide bonds. The smallest absolute Gasteiger partial charge is 0.309 e. The lowest BCUT2D eigenvalue weighted by Crippen LogP contribution is -2.43. The molecule has 0 radical (unpaired) electrons. The van der Waals surface area contributed by atoms with Crippen molar-refractivity contribution in [1.29, 1.82) is 0 Å². The molecular formula is C20H26O5. The second-order valence-electron chi connectivity index (χ2n) is 6.62. The molecule has 0 bridgehead atoms. The number of hydrogen-bond acceptors (Lipinski definition) is 5. The Labute approximate surface area is 148 Å². The Kier molecular flexibility index (Phi) is 5.45. The first-order valence-electron chi connectivity index (χ1n) is 8.65. The molecule has 3 rings (SSSR count). The number of ether oxygens (including phenoxy) is 4. The van der Waals surface area contributed by atoms with Gasteiger partial charge in [0.1, 0.15) is 5.75 Å². The first-order chi connectivity index (χ1) is 12.1. The summed E-state index contributed by atoms with van der Waals surface area (Å²) in [5, 5.41) is 0. The Balaban J connectivity index is 2.00. The molecule has 0 spiro atoms. The molecule has 3 atom stereocenters. The third kappa shape index (κ3) is 3.18. The van der Waals surface area contributed by atoms with E-state index in [-0.39, 0.29) is 23.7 Å². The lowest BCUT2D eigenvalue weighted by Gasteiger charge is -2.41. The SMILES string of the molecule is COC(=O)C1C2CCc3cc(OC)ccc3C2=CCC1C(OC)OC. The van der Waals surface area contributed by atoms with E-state index in [9.17, 15) is 4.79 Å². The van der Waals surface area contributed by atoms with Crippen LogP contribution in [0.1, 0.15) is 24.0 Å². The van der Waals surface area contributed by atoms with E-state index in [0.717, 1.165) is 25.0 Å². The summed E-state index contributed by atoms with van der Waals surface area (Å²) in [6.07, 6.45) is 4.37. The van der Waals surface area contributed by atoms with Crippen molar-refractivity contribution < 1.29 is 23.7 Å². The summed E-state index contributed by atoms with van der Waals surface area (Å²) in [5.74, 6) is 0.507. The summed E-state index contributed by atoms with van der Waals surface area (Å²) in [6, 6.07) is 6.18. The van der Waals surface area contributed by atoms with E-state index in [0.29, 0.717) is 0 Å². The van der Waals surface area contributed by atoms with E-state index in [4.69, 9.17) is 18.9 Å². The van der Waals surface area contributed by atoms with Gasteiger partial charge in [0.05, 0.1) is 20.1 Å². The predicted molar refractivity (Wildman–Crippen MR) is 94.2 cm³/mol. The minimum Gasteiger partial charge on any atom is -0.497 e. The molecule has 1 aromatic rings. The van der Waals surface area contributed by atoms with Crippen LogP contribution in [0.5, 0.6) is 5.75 Å². The van der Waals surface area contributed by atoms with Gasteiger partial charge in [-0.05, 0) is 54.0 Å². The van der Waals surface area contributed by atoms with Crippen molar-refractivity contribution in [2.75, 3.05) is 28.4 Å². The highest BCUT2D eigenvalue weighted by Crippen LogP contribution is 2.48. The van der Waals surface area contributed by atoms with Crippen LogP contribution in [0, 0.1) is 17.8 Å². The summed E-state index contributed by atoms with van der Waals surface area (Å²) < 4.78 is 21.4. The molecule has 5 heteroatoms. The number of allylic oxidation sites excluding steroid dienone is 2. The van der Waals surface area contributed by atoms with Gasteiger partial charge in [0.2, 0.25) is 0 Å². The molecule has 0 saturated carbocycles. The Morgan fingerprint density at radius 2 is 1.92 bits per heavy atom. The Hall–Kier alpha value is -1.85. The van der Waals surface area contributed by atoms with Crippen molar-refractivity contribution in [1.82, 2.24) is 0 Å². The molecule has 0 fully saturated rings. The van der Waals surface area contributed by atoms with Gasteiger partial charge in [0.25, 0.3) is 0 Å². The molecule has 0 saturated heterocycles. The third-order valence-corrected chi connectivity index (χ3v) is 5.54. The van der Waals surface area contributed by atoms with Crippen molar-refractivity contribution >= 4 is 11.5 Å². The van der Waals surface area contributed by atoms with E-state index in [1.807, 2.05) is 6.07 Å². The number of esters is 1. The molecule has 136 valence electrons. The Morgan fingerprint density at radius 3 is 2.56 bits per heavy atom. The molecule has 0 N–H and O–H groups in total. The largest absolute Gasteiger partial charge is 0.497 e. The molecule has 3 unspecified atom stereocenters. The summed E-state index contributed by atoms with van der Waals surface area (Å²) in [5.41, 5.74) is 3.73. The fourth-order valence-corrected chi connectivity index (χ4v) is 4.40. The van der Waals surface area contributed by atoms with Gasteiger partial charge < -0.3 is 18.9 Å². The summed E-state index contributed by atoms with van der Waals surface area (Å²) in [7, 11) is 6.36. The number of carbonyl (C=O) groups excluding carboxylic acids is 1. The van der Waals surface area contributed by atoms with E-state index in [1.165, 1.54) is 23.8 Å². The highest BCUT2D eigenvalue weighted by atomic mass is 16.7. The van der Waals surface area contributed by atoms with Crippen LogP contribution >= 0.6 is 0 Å². The highest BCUT2D eigenvalue weighted by molar-refractivity contribution is 5.81. The van der Waals surface area contributed by atoms with Gasteiger partial charge in [-0.2, -0.15) is 0 Å². The summed E-state index contributed by atoms with van der Waals surface area (Å²) in [6.45, 7) is 0. The van der Waals surface area contributed by atoms with Crippen LogP contribution in [0.4, 0.5) is 0 Å². The molecule has 0 aliphatic heterocycles. The van der Waals surface area contributed by atoms with E-state index >= 15 is 0 Å². The van der Waals surface area contributed by atoms with Crippen LogP contribution in [0.15, 0.2) is 24.3 Å². The van der Waals surface area contributed by atoms with Gasteiger partial charge in [0, 0.05) is 20.1 Å². The highest BCUT2D eigenvalue weighted by Gasteiger charge is 2.45. The Morgan fingerprint density at radius 1 is 1.16 bits per heavy atom. The van der Waals surface area contributed by atoms with Crippen molar-refractivity contribution in [2.24, 2.45) is 17.8 Å². The predicted octanol–water partition coefficient (Wildman–Crippen LogP) is 3.07. The van der Waals surface area contributed by atoms with Crippen LogP contribution in [0.3, 0.4) is 0 Å². The van der Waals surface area contributed by atoms with Gasteiger partial charge in [-0.3, -0.25) is 4.79 Å². The van der Waals surface area contributed by atoms with Crippen LogP contribution in [-0.2, 0) is 25.4 Å². The van der Waals surface area contributed by atoms with Gasteiger partial charge in [-0.1, -0.05) is 12.1 Å². The van der Waals surface area contributed by atoms with Crippen molar-refractivity contribution in [2.45, 2.75) is 25.6 Å². The summed E-state index contributed by atoms with van der Waals surface area (Å²) >= 11 is 0. The topological polar surface area (TPSA) is 54.0 Å². The van der Waals surface area contributed by atoms with E-state index in [1.54, 1.807) is 21.3 Å². The zero-order valence-corrected chi connectivity index (χ0v) is 15.3. The molecule has 1 aromatic carbocycles. The Bertz CT molecular complexity index is 662. The number of rotatable bonds is 5. The van der Waals surface area contributed by atoms with Crippen LogP contribution in [-0.4, -0.2) is 40.7 Å². The monoisotopic (exact) mass is 346 g/mol. The fourth-order valence-electron chi connectivity index (χ4n) is 4.40. The van der Waals surface area contributed by atoms with Gasteiger partial charge in [0.15, 0.2) is 6.29 Å². The molecular weight excluding hydrogens is 320 g/mol. The van der Waals surface area contributed by atoms with Crippen LogP contribution in [0.25, 0.3) is 5.57 Å². The zero-order chi connectivity index (χ0) is 18.0. The normalized spacial score (nSPS) is 25.0. The third-order valence-electron chi connectivity index (χ3n) is 5.54. The molecule has 25 heavy (non-hydrogen) atoms. The minimum absolute atomic E-state index is 0.0454. The second-order valence-corrected chi connectivity index (χ2v) is 6.62. The average molecular weight is 346 g/mol. The maximum Gasteiger partial charge on any atom is 0.309 e. The first-order valence-corrected chi connectivity index (χ1v) is 8.65. The van der Waals surface area contributed by atoms with Gasteiger partial charge in [-0.15, -0.1) is 0 Å². The number of benzene rings is 1. The molecule has 0 aromatic heterocycles. The van der Waals surface area contributed by atoms with Crippen LogP contribution in [0.2, 0.25) is 0 Å². The van der Waals surface area contributed by atoms with Crippen LogP contribution < -0.4 is 4.74 Å². The van der Waals surface area contributed by atoms with E-state index < -0.39 is 6.29 Å². The number of aryl methyl sites for hydroxylation is 1. The number of methoxy groups -OCH3 is 4. The molecule has 5 nitrogen and oxygen atoms in total. The van der Waals surface area contributed by atoms with Crippen molar-refractivity contribution in [3.63, 3.8) is 0 Å². The maximum atomic E-state index is 12.6. The molecule has 2 aliphatic rings. The minimum atomic E-state index is -0.417. The number of hydrogen-bond donors (Lipinski definition) is 0. The molecule has 2 aliphatic carbocycles. The van der Waals surface area contributed by atoms with Gasteiger partial charge >= 0.3 is 5.97 Å². The molecule has 0 heterocycles. The van der Waals surface area contributed by atoms with Crippen molar-refractivity contribution in [3.05, 3.63) is 35.4 Å². The van der Waals surface area contributed by atoms with E-state index in [2.05, 4.69) is 18.2 Å². The lowest BCUT2D eigenvalue weighted by molar-refractivity contribution is -0.173. The number of carbonyl (C=O) groups is 1. The second kappa shape index (κ2) is 7.58. The van der Waals surface area contributed by atoms with Gasteiger partial charge in [-0.25, -0.2) is 0 Å². The van der Waals surface area contributed by atoms with Crippen molar-refractivity contribution in [3.8, 4) is 5.75 Å². The quantitative estimate of drug-likeness (QED) is 0.606. The maximum absolute atomic E-state index is 12.6. The lowest BCUT2D eigenvalue weighted by atomic mass is 9.65.